The summed E-state index contributed by atoms with van der Waals surface area (Å²) in [4.78, 5) is 0. The number of halogens is 5. The van der Waals surface area contributed by atoms with E-state index in [4.69, 9.17) is 9.15 Å². The second-order valence-corrected chi connectivity index (χ2v) is 8.05. The Morgan fingerprint density at radius 3 is 2.34 bits per heavy atom. The van der Waals surface area contributed by atoms with Gasteiger partial charge in [-0.1, -0.05) is 0 Å². The van der Waals surface area contributed by atoms with E-state index in [1.54, 1.807) is 0 Å². The smallest absolute Gasteiger partial charge is 0.455 e. The first-order valence-electron chi connectivity index (χ1n) is 8.80. The van der Waals surface area contributed by atoms with Gasteiger partial charge in [0.1, 0.15) is 23.4 Å². The molecular formula is C19H16F5NO6S. The number of hydrogen-bond acceptors (Lipinski definition) is 7. The van der Waals surface area contributed by atoms with E-state index in [1.165, 1.54) is 19.2 Å². The number of furan rings is 1. The third-order valence-electron chi connectivity index (χ3n) is 4.42. The van der Waals surface area contributed by atoms with E-state index < -0.39 is 56.8 Å². The van der Waals surface area contributed by atoms with Crippen LogP contribution in [0.15, 0.2) is 34.7 Å². The molecule has 0 aliphatic rings. The van der Waals surface area contributed by atoms with Gasteiger partial charge in [0, 0.05) is 18.2 Å². The molecule has 0 bridgehead atoms. The van der Waals surface area contributed by atoms with Crippen LogP contribution in [0.1, 0.15) is 17.4 Å². The van der Waals surface area contributed by atoms with Gasteiger partial charge in [0.15, 0.2) is 11.6 Å². The van der Waals surface area contributed by atoms with Crippen molar-refractivity contribution in [2.24, 2.45) is 0 Å². The van der Waals surface area contributed by atoms with E-state index in [2.05, 4.69) is 9.50 Å². The molecule has 0 spiro atoms. The molecule has 2 N–H and O–H groups in total. The Labute approximate surface area is 178 Å². The van der Waals surface area contributed by atoms with E-state index in [9.17, 15) is 31.1 Å². The van der Waals surface area contributed by atoms with E-state index in [0.29, 0.717) is 0 Å². The van der Waals surface area contributed by atoms with Crippen molar-refractivity contribution < 1.29 is 48.8 Å². The van der Waals surface area contributed by atoms with E-state index in [-0.39, 0.29) is 22.5 Å². The van der Waals surface area contributed by atoms with Crippen molar-refractivity contribution in [1.29, 1.82) is 0 Å². The number of alkyl halides is 3. The molecule has 32 heavy (non-hydrogen) atoms. The summed E-state index contributed by atoms with van der Waals surface area (Å²) in [6, 6.07) is 5.74. The highest BCUT2D eigenvalue weighted by atomic mass is 32.2. The van der Waals surface area contributed by atoms with Crippen LogP contribution in [0, 0.1) is 11.6 Å². The highest BCUT2D eigenvalue weighted by Gasteiger charge is 2.49. The molecule has 7 nitrogen and oxygen atoms in total. The molecule has 0 fully saturated rings. The van der Waals surface area contributed by atoms with E-state index in [1.807, 2.05) is 0 Å². The van der Waals surface area contributed by atoms with Gasteiger partial charge in [-0.15, -0.1) is 0 Å². The lowest BCUT2D eigenvalue weighted by molar-refractivity contribution is -0.0501. The molecule has 1 heterocycles. The fourth-order valence-corrected chi connectivity index (χ4v) is 3.49. The van der Waals surface area contributed by atoms with Crippen molar-refractivity contribution in [3.8, 4) is 17.1 Å². The fraction of sp³-hybridized carbons (Fsp3) is 0.263. The molecule has 1 unspecified atom stereocenters. The first-order valence-corrected chi connectivity index (χ1v) is 10.2. The van der Waals surface area contributed by atoms with Gasteiger partial charge in [0.25, 0.3) is 0 Å². The molecule has 0 aliphatic heterocycles. The van der Waals surface area contributed by atoms with Gasteiger partial charge >= 0.3 is 15.6 Å². The Morgan fingerprint density at radius 2 is 1.81 bits per heavy atom. The van der Waals surface area contributed by atoms with Crippen molar-refractivity contribution in [2.45, 2.75) is 18.3 Å². The molecule has 0 radical (unpaired) electrons. The number of methoxy groups -OCH3 is 1. The quantitative estimate of drug-likeness (QED) is 0.228. The highest BCUT2D eigenvalue weighted by Crippen LogP contribution is 2.43. The van der Waals surface area contributed by atoms with E-state index in [0.717, 1.165) is 25.3 Å². The Morgan fingerprint density at radius 1 is 1.19 bits per heavy atom. The molecule has 13 heteroatoms. The highest BCUT2D eigenvalue weighted by molar-refractivity contribution is 7.88. The zero-order valence-corrected chi connectivity index (χ0v) is 17.3. The predicted molar refractivity (Wildman–Crippen MR) is 102 cm³/mol. The van der Waals surface area contributed by atoms with Crippen LogP contribution in [0.2, 0.25) is 0 Å². The van der Waals surface area contributed by atoms with Crippen molar-refractivity contribution in [2.75, 3.05) is 14.2 Å². The summed E-state index contributed by atoms with van der Waals surface area (Å²) in [5.74, 6) is -3.49. The Hall–Kier alpha value is -2.74. The van der Waals surface area contributed by atoms with Crippen LogP contribution in [-0.2, 0) is 21.5 Å². The largest absolute Gasteiger partial charge is 0.534 e. The molecule has 0 saturated heterocycles. The first-order chi connectivity index (χ1) is 14.9. The Kier molecular flexibility index (Phi) is 6.47. The third kappa shape index (κ3) is 4.28. The number of aliphatic hydroxyl groups excluding tert-OH is 1. The minimum absolute atomic E-state index is 0.125. The zero-order valence-electron chi connectivity index (χ0n) is 16.5. The molecule has 0 amide bonds. The first kappa shape index (κ1) is 23.9. The predicted octanol–water partition coefficient (Wildman–Crippen LogP) is 3.96. The summed E-state index contributed by atoms with van der Waals surface area (Å²) in [6.45, 7) is -0.522. The van der Waals surface area contributed by atoms with Crippen LogP contribution >= 0.6 is 0 Å². The summed E-state index contributed by atoms with van der Waals surface area (Å²) in [6.07, 6.45) is -1.59. The molecule has 2 aromatic carbocycles. The maximum Gasteiger partial charge on any atom is 0.534 e. The van der Waals surface area contributed by atoms with Gasteiger partial charge in [-0.2, -0.15) is 21.6 Å². The topological polar surface area (TPSA) is 98.0 Å². The molecule has 174 valence electrons. The number of fused-ring (bicyclic) bond motifs is 1. The lowest BCUT2D eigenvalue weighted by atomic mass is 10.0. The average Bonchev–Trinajstić information content (AvgIpc) is 3.09. The number of hydrogen-bond donors (Lipinski definition) is 2. The summed E-state index contributed by atoms with van der Waals surface area (Å²) >= 11 is 0. The van der Waals surface area contributed by atoms with Crippen molar-refractivity contribution >= 4 is 21.1 Å². The van der Waals surface area contributed by atoms with Crippen LogP contribution in [0.4, 0.5) is 22.0 Å². The number of ether oxygens (including phenoxy) is 1. The van der Waals surface area contributed by atoms with Crippen LogP contribution < -0.4 is 9.50 Å². The maximum absolute atomic E-state index is 15.5. The summed E-state index contributed by atoms with van der Waals surface area (Å²) < 4.78 is 105. The van der Waals surface area contributed by atoms with Gasteiger partial charge < -0.3 is 18.4 Å². The summed E-state index contributed by atoms with van der Waals surface area (Å²) in [5, 5.41) is 12.3. The van der Waals surface area contributed by atoms with Gasteiger partial charge in [0.05, 0.1) is 17.6 Å². The average molecular weight is 481 g/mol. The molecule has 3 aromatic rings. The monoisotopic (exact) mass is 481 g/mol. The standard InChI is InChI=1S/C19H16F5NO6S/c1-25-18(26)14-13-12(30-16(14)9-3-5-11(20)6-4-9)7-10(8-29-2)17(15(13)21)31-32(27,28)19(22,23)24/h3-7,18,25-26H,8H2,1-2H3. The van der Waals surface area contributed by atoms with Crippen molar-refractivity contribution in [1.82, 2.24) is 5.32 Å². The summed E-state index contributed by atoms with van der Waals surface area (Å²) in [7, 11) is -3.77. The molecule has 1 atom stereocenters. The minimum atomic E-state index is -6.22. The second kappa shape index (κ2) is 8.65. The SMILES string of the molecule is CNC(O)c1c(-c2ccc(F)cc2)oc2cc(COC)c(OS(=O)(=O)C(F)(F)F)c(F)c12. The van der Waals surface area contributed by atoms with Gasteiger partial charge in [-0.3, -0.25) is 5.32 Å². The number of benzene rings is 2. The second-order valence-electron chi connectivity index (χ2n) is 6.51. The number of nitrogens with one attached hydrogen (secondary N) is 1. The minimum Gasteiger partial charge on any atom is -0.455 e. The molecule has 0 saturated carbocycles. The van der Waals surface area contributed by atoms with Crippen LogP contribution in [0.25, 0.3) is 22.3 Å². The van der Waals surface area contributed by atoms with Gasteiger partial charge in [-0.25, -0.2) is 8.78 Å². The summed E-state index contributed by atoms with van der Waals surface area (Å²) in [5.41, 5.74) is -6.50. The third-order valence-corrected chi connectivity index (χ3v) is 5.37. The van der Waals surface area contributed by atoms with Gasteiger partial charge in [-0.05, 0) is 37.4 Å². The van der Waals surface area contributed by atoms with Crippen LogP contribution in [0.5, 0.6) is 5.75 Å². The normalized spacial score (nSPS) is 13.5. The number of rotatable bonds is 7. The van der Waals surface area contributed by atoms with E-state index >= 15 is 4.39 Å². The Balaban J connectivity index is 2.35. The zero-order chi connectivity index (χ0) is 23.8. The maximum atomic E-state index is 15.5. The number of aliphatic hydroxyl groups is 1. The fourth-order valence-electron chi connectivity index (χ4n) is 3.00. The van der Waals surface area contributed by atoms with Gasteiger partial charge in [0.2, 0.25) is 0 Å². The lowest BCUT2D eigenvalue weighted by Gasteiger charge is -2.15. The van der Waals surface area contributed by atoms with Crippen molar-refractivity contribution in [3.63, 3.8) is 0 Å². The molecule has 0 aliphatic carbocycles. The molecule has 1 aromatic heterocycles. The molecule has 3 rings (SSSR count). The van der Waals surface area contributed by atoms with Crippen LogP contribution in [0.3, 0.4) is 0 Å². The lowest BCUT2D eigenvalue weighted by Crippen LogP contribution is -2.28. The Bertz CT molecular complexity index is 1240. The van der Waals surface area contributed by atoms with Crippen molar-refractivity contribution in [3.05, 3.63) is 53.1 Å². The molecular weight excluding hydrogens is 465 g/mol. The van der Waals surface area contributed by atoms with Crippen LogP contribution in [-0.4, -0.2) is 33.2 Å².